The van der Waals surface area contributed by atoms with Crippen LogP contribution in [0.25, 0.3) is 0 Å². The van der Waals surface area contributed by atoms with Gasteiger partial charge in [0.25, 0.3) is 10.0 Å². The highest BCUT2D eigenvalue weighted by Gasteiger charge is 2.28. The Labute approximate surface area is 198 Å². The van der Waals surface area contributed by atoms with Crippen molar-refractivity contribution in [1.29, 1.82) is 0 Å². The van der Waals surface area contributed by atoms with Crippen molar-refractivity contribution >= 4 is 44.9 Å². The quantitative estimate of drug-likeness (QED) is 0.493. The number of ether oxygens (including phenoxy) is 1. The number of aryl methyl sites for hydroxylation is 1. The number of halogens is 1. The summed E-state index contributed by atoms with van der Waals surface area (Å²) in [5.41, 5.74) is 2.13. The number of hydrogen-bond acceptors (Lipinski definition) is 5. The lowest BCUT2D eigenvalue weighted by Crippen LogP contribution is -2.38. The normalized spacial score (nSPS) is 11.0. The number of methoxy groups -OCH3 is 1. The zero-order valence-electron chi connectivity index (χ0n) is 18.3. The first-order chi connectivity index (χ1) is 15.6. The van der Waals surface area contributed by atoms with Crippen LogP contribution >= 0.6 is 11.6 Å². The number of sulfonamides is 1. The summed E-state index contributed by atoms with van der Waals surface area (Å²) in [7, 11) is -2.79. The van der Waals surface area contributed by atoms with E-state index in [2.05, 4.69) is 5.32 Å². The predicted octanol–water partition coefficient (Wildman–Crippen LogP) is 4.58. The number of carbonyl (C=O) groups excluding carboxylic acids is 2. The highest BCUT2D eigenvalue weighted by molar-refractivity contribution is 7.92. The van der Waals surface area contributed by atoms with Crippen LogP contribution in [0.2, 0.25) is 5.02 Å². The maximum absolute atomic E-state index is 13.5. The third-order valence-electron chi connectivity index (χ3n) is 5.06. The molecule has 0 aliphatic carbocycles. The van der Waals surface area contributed by atoms with E-state index in [-0.39, 0.29) is 4.90 Å². The fourth-order valence-electron chi connectivity index (χ4n) is 3.34. The highest BCUT2D eigenvalue weighted by Crippen LogP contribution is 2.29. The number of nitrogens with one attached hydrogen (secondary N) is 1. The molecule has 0 atom stereocenters. The van der Waals surface area contributed by atoms with E-state index in [0.29, 0.717) is 33.1 Å². The average molecular weight is 487 g/mol. The maximum Gasteiger partial charge on any atom is 0.338 e. The molecule has 0 heterocycles. The van der Waals surface area contributed by atoms with Crippen molar-refractivity contribution in [2.75, 3.05) is 23.3 Å². The zero-order valence-corrected chi connectivity index (χ0v) is 19.9. The molecule has 0 radical (unpaired) electrons. The number of esters is 1. The van der Waals surface area contributed by atoms with Gasteiger partial charge in [-0.25, -0.2) is 13.2 Å². The minimum Gasteiger partial charge on any atom is -0.465 e. The van der Waals surface area contributed by atoms with Gasteiger partial charge in [0, 0.05) is 10.7 Å². The second-order valence-electron chi connectivity index (χ2n) is 7.27. The summed E-state index contributed by atoms with van der Waals surface area (Å²) in [4.78, 5) is 25.0. The second kappa shape index (κ2) is 10.1. The Morgan fingerprint density at radius 2 is 1.70 bits per heavy atom. The second-order valence-corrected chi connectivity index (χ2v) is 9.57. The van der Waals surface area contributed by atoms with Crippen LogP contribution in [0, 0.1) is 13.8 Å². The summed E-state index contributed by atoms with van der Waals surface area (Å²) >= 11 is 6.05. The zero-order chi connectivity index (χ0) is 24.2. The summed E-state index contributed by atoms with van der Waals surface area (Å²) in [5, 5.41) is 3.16. The molecule has 0 saturated heterocycles. The lowest BCUT2D eigenvalue weighted by atomic mass is 10.1. The van der Waals surface area contributed by atoms with E-state index in [9.17, 15) is 18.0 Å². The Balaban J connectivity index is 1.98. The van der Waals surface area contributed by atoms with Gasteiger partial charge in [0.15, 0.2) is 0 Å². The SMILES string of the molecule is COC(=O)c1cccc(NC(=O)CN(c2ccc(Cl)cc2C)S(=O)(=O)c2ccccc2)c1C. The summed E-state index contributed by atoms with van der Waals surface area (Å²) in [6, 6.07) is 17.5. The highest BCUT2D eigenvalue weighted by atomic mass is 35.5. The van der Waals surface area contributed by atoms with Crippen LogP contribution in [0.5, 0.6) is 0 Å². The van der Waals surface area contributed by atoms with Crippen molar-refractivity contribution in [3.8, 4) is 0 Å². The molecule has 9 heteroatoms. The van der Waals surface area contributed by atoms with Gasteiger partial charge in [-0.2, -0.15) is 0 Å². The minimum atomic E-state index is -4.06. The lowest BCUT2D eigenvalue weighted by molar-refractivity contribution is -0.114. The van der Waals surface area contributed by atoms with Crippen LogP contribution in [0.4, 0.5) is 11.4 Å². The summed E-state index contributed by atoms with van der Waals surface area (Å²) in [6.45, 7) is 2.90. The maximum atomic E-state index is 13.5. The molecule has 0 aliphatic heterocycles. The number of amides is 1. The average Bonchev–Trinajstić information content (AvgIpc) is 2.79. The molecule has 3 rings (SSSR count). The Morgan fingerprint density at radius 1 is 1.00 bits per heavy atom. The standard InChI is InChI=1S/C24H23ClN2O5S/c1-16-14-18(25)12-13-22(16)27(33(30,31)19-8-5-4-6-9-19)15-23(28)26-21-11-7-10-20(17(21)2)24(29)32-3/h4-14H,15H2,1-3H3,(H,26,28). The molecule has 1 N–H and O–H groups in total. The Kier molecular flexibility index (Phi) is 7.40. The van der Waals surface area contributed by atoms with Gasteiger partial charge in [0.1, 0.15) is 6.54 Å². The number of rotatable bonds is 7. The van der Waals surface area contributed by atoms with Gasteiger partial charge in [0.2, 0.25) is 5.91 Å². The van der Waals surface area contributed by atoms with Gasteiger partial charge in [-0.3, -0.25) is 9.10 Å². The summed E-state index contributed by atoms with van der Waals surface area (Å²) in [5.74, 6) is -1.11. The molecule has 33 heavy (non-hydrogen) atoms. The Bertz CT molecular complexity index is 1290. The molecular weight excluding hydrogens is 464 g/mol. The molecule has 0 saturated carbocycles. The first kappa shape index (κ1) is 24.3. The molecule has 3 aromatic carbocycles. The van der Waals surface area contributed by atoms with E-state index in [1.807, 2.05) is 0 Å². The lowest BCUT2D eigenvalue weighted by Gasteiger charge is -2.26. The number of carbonyl (C=O) groups is 2. The molecule has 0 aromatic heterocycles. The molecule has 0 spiro atoms. The van der Waals surface area contributed by atoms with E-state index in [1.165, 1.54) is 19.2 Å². The molecule has 0 aliphatic rings. The molecule has 3 aromatic rings. The van der Waals surface area contributed by atoms with E-state index < -0.39 is 28.4 Å². The van der Waals surface area contributed by atoms with Gasteiger partial charge in [-0.1, -0.05) is 35.9 Å². The number of nitrogens with zero attached hydrogens (tertiary/aromatic N) is 1. The predicted molar refractivity (Wildman–Crippen MR) is 128 cm³/mol. The first-order valence-electron chi connectivity index (χ1n) is 9.97. The van der Waals surface area contributed by atoms with E-state index >= 15 is 0 Å². The molecule has 172 valence electrons. The number of anilines is 2. The van der Waals surface area contributed by atoms with E-state index in [0.717, 1.165) is 4.31 Å². The van der Waals surface area contributed by atoms with Crippen molar-refractivity contribution in [2.45, 2.75) is 18.7 Å². The smallest absolute Gasteiger partial charge is 0.338 e. The van der Waals surface area contributed by atoms with Crippen molar-refractivity contribution in [1.82, 2.24) is 0 Å². The Morgan fingerprint density at radius 3 is 2.33 bits per heavy atom. The van der Waals surface area contributed by atoms with Crippen molar-refractivity contribution in [3.05, 3.63) is 88.4 Å². The van der Waals surface area contributed by atoms with Crippen LogP contribution < -0.4 is 9.62 Å². The molecule has 7 nitrogen and oxygen atoms in total. The topological polar surface area (TPSA) is 92.8 Å². The van der Waals surface area contributed by atoms with Crippen LogP contribution in [0.1, 0.15) is 21.5 Å². The van der Waals surface area contributed by atoms with Gasteiger partial charge >= 0.3 is 5.97 Å². The fraction of sp³-hybridized carbons (Fsp3) is 0.167. The number of benzene rings is 3. The van der Waals surface area contributed by atoms with Crippen molar-refractivity contribution < 1.29 is 22.7 Å². The minimum absolute atomic E-state index is 0.0519. The van der Waals surface area contributed by atoms with Gasteiger partial charge < -0.3 is 10.1 Å². The largest absolute Gasteiger partial charge is 0.465 e. The summed E-state index contributed by atoms with van der Waals surface area (Å²) < 4.78 is 32.7. The van der Waals surface area contributed by atoms with Gasteiger partial charge in [-0.15, -0.1) is 0 Å². The fourth-order valence-corrected chi connectivity index (χ4v) is 5.07. The molecular formula is C24H23ClN2O5S. The van der Waals surface area contributed by atoms with E-state index in [4.69, 9.17) is 16.3 Å². The molecule has 0 unspecified atom stereocenters. The van der Waals surface area contributed by atoms with Gasteiger partial charge in [0.05, 0.1) is 23.3 Å². The van der Waals surface area contributed by atoms with Crippen LogP contribution in [0.3, 0.4) is 0 Å². The van der Waals surface area contributed by atoms with Crippen LogP contribution in [-0.2, 0) is 19.6 Å². The van der Waals surface area contributed by atoms with Crippen LogP contribution in [0.15, 0.2) is 71.6 Å². The van der Waals surface area contributed by atoms with Crippen LogP contribution in [-0.4, -0.2) is 33.9 Å². The monoisotopic (exact) mass is 486 g/mol. The number of hydrogen-bond donors (Lipinski definition) is 1. The Hall–Kier alpha value is -3.36. The van der Waals surface area contributed by atoms with Crippen molar-refractivity contribution in [2.24, 2.45) is 0 Å². The third kappa shape index (κ3) is 5.35. The van der Waals surface area contributed by atoms with Gasteiger partial charge in [-0.05, 0) is 67.4 Å². The van der Waals surface area contributed by atoms with Crippen molar-refractivity contribution in [3.63, 3.8) is 0 Å². The molecule has 1 amide bonds. The third-order valence-corrected chi connectivity index (χ3v) is 7.07. The molecule has 0 fully saturated rings. The first-order valence-corrected chi connectivity index (χ1v) is 11.8. The molecule has 0 bridgehead atoms. The van der Waals surface area contributed by atoms with E-state index in [1.54, 1.807) is 68.4 Å². The summed E-state index contributed by atoms with van der Waals surface area (Å²) in [6.07, 6.45) is 0.